The first-order valence-corrected chi connectivity index (χ1v) is 16.4. The molecule has 246 valence electrons. The van der Waals surface area contributed by atoms with Gasteiger partial charge in [-0.2, -0.15) is 0 Å². The molecule has 4 aromatic carbocycles. The number of esters is 1. The Morgan fingerprint density at radius 2 is 1.42 bits per heavy atom. The highest BCUT2D eigenvalue weighted by Crippen LogP contribution is 2.30. The van der Waals surface area contributed by atoms with E-state index >= 15 is 0 Å². The van der Waals surface area contributed by atoms with Crippen LogP contribution >= 0.6 is 0 Å². The number of carboxylic acid groups (broad SMARTS) is 1. The van der Waals surface area contributed by atoms with Crippen LogP contribution in [0.2, 0.25) is 0 Å². The van der Waals surface area contributed by atoms with E-state index in [1.54, 1.807) is 18.2 Å². The van der Waals surface area contributed by atoms with Crippen LogP contribution in [-0.2, 0) is 29.0 Å². The van der Waals surface area contributed by atoms with Crippen molar-refractivity contribution in [1.82, 2.24) is 4.98 Å². The molecular weight excluding hydrogens is 602 g/mol. The average molecular weight is 644 g/mol. The maximum absolute atomic E-state index is 11.9. The van der Waals surface area contributed by atoms with Crippen LogP contribution in [0.3, 0.4) is 0 Å². The van der Waals surface area contributed by atoms with E-state index in [0.717, 1.165) is 71.2 Å². The molecule has 0 saturated heterocycles. The molecule has 0 fully saturated rings. The highest BCUT2D eigenvalue weighted by atomic mass is 16.5. The number of aromatic nitrogens is 1. The number of aryl methyl sites for hydroxylation is 1. The number of carbonyl (C=O) groups excluding carboxylic acids is 1. The fourth-order valence-corrected chi connectivity index (χ4v) is 5.64. The van der Waals surface area contributed by atoms with Gasteiger partial charge in [0.15, 0.2) is 0 Å². The van der Waals surface area contributed by atoms with E-state index in [1.165, 1.54) is 7.11 Å². The summed E-state index contributed by atoms with van der Waals surface area (Å²) in [5, 5.41) is 9.39. The minimum atomic E-state index is -0.846. The highest BCUT2D eigenvalue weighted by molar-refractivity contribution is 5.89. The maximum Gasteiger partial charge on any atom is 0.337 e. The van der Waals surface area contributed by atoms with Crippen LogP contribution in [0.1, 0.15) is 59.2 Å². The summed E-state index contributed by atoms with van der Waals surface area (Å²) in [6, 6.07) is 37.5. The first-order chi connectivity index (χ1) is 23.5. The molecule has 0 spiro atoms. The van der Waals surface area contributed by atoms with Crippen LogP contribution in [0.15, 0.2) is 115 Å². The predicted molar refractivity (Wildman–Crippen MR) is 187 cm³/mol. The average Bonchev–Trinajstić information content (AvgIpc) is 3.13. The van der Waals surface area contributed by atoms with Gasteiger partial charge in [-0.1, -0.05) is 97.8 Å². The summed E-state index contributed by atoms with van der Waals surface area (Å²) in [6.07, 6.45) is 5.11. The first-order valence-electron chi connectivity index (χ1n) is 16.4. The second kappa shape index (κ2) is 17.5. The molecule has 48 heavy (non-hydrogen) atoms. The van der Waals surface area contributed by atoms with E-state index < -0.39 is 11.9 Å². The van der Waals surface area contributed by atoms with Gasteiger partial charge in [-0.3, -0.25) is 4.79 Å². The van der Waals surface area contributed by atoms with Gasteiger partial charge in [0.2, 0.25) is 5.88 Å². The summed E-state index contributed by atoms with van der Waals surface area (Å²) >= 11 is 0. The van der Waals surface area contributed by atoms with Crippen molar-refractivity contribution < 1.29 is 28.9 Å². The number of aliphatic carboxylic acids is 1. The van der Waals surface area contributed by atoms with Gasteiger partial charge in [0.25, 0.3) is 0 Å². The van der Waals surface area contributed by atoms with Crippen molar-refractivity contribution in [2.24, 2.45) is 0 Å². The van der Waals surface area contributed by atoms with Crippen molar-refractivity contribution in [1.29, 1.82) is 0 Å². The Kier molecular flexibility index (Phi) is 12.4. The molecule has 0 radical (unpaired) electrons. The molecule has 0 aliphatic carbocycles. The number of unbranched alkanes of at least 4 members (excludes halogenated alkanes) is 3. The monoisotopic (exact) mass is 643 g/mol. The Bertz CT molecular complexity index is 1730. The van der Waals surface area contributed by atoms with Crippen LogP contribution in [0, 0.1) is 0 Å². The van der Waals surface area contributed by atoms with Crippen molar-refractivity contribution in [2.75, 3.05) is 13.7 Å². The van der Waals surface area contributed by atoms with Crippen molar-refractivity contribution in [2.45, 2.75) is 51.6 Å². The fraction of sp³-hybridized carbons (Fsp3) is 0.244. The largest absolute Gasteiger partial charge is 0.489 e. The van der Waals surface area contributed by atoms with Crippen LogP contribution in [-0.4, -0.2) is 35.7 Å². The van der Waals surface area contributed by atoms with Crippen molar-refractivity contribution in [3.05, 3.63) is 138 Å². The molecule has 1 N–H and O–H groups in total. The number of hydrogen-bond donors (Lipinski definition) is 1. The Labute approximate surface area is 282 Å². The topological polar surface area (TPSA) is 95.0 Å². The molecule has 0 saturated carbocycles. The van der Waals surface area contributed by atoms with Crippen LogP contribution in [0.4, 0.5) is 0 Å². The van der Waals surface area contributed by atoms with E-state index in [0.29, 0.717) is 30.2 Å². The quantitative estimate of drug-likeness (QED) is 0.0798. The van der Waals surface area contributed by atoms with Crippen LogP contribution < -0.4 is 9.47 Å². The lowest BCUT2D eigenvalue weighted by Crippen LogP contribution is -2.06. The Morgan fingerprint density at radius 1 is 0.688 bits per heavy atom. The molecule has 0 bridgehead atoms. The molecule has 0 amide bonds. The molecule has 1 aromatic heterocycles. The lowest BCUT2D eigenvalue weighted by Gasteiger charge is -2.16. The highest BCUT2D eigenvalue weighted by Gasteiger charge is 2.13. The van der Waals surface area contributed by atoms with Gasteiger partial charge in [0, 0.05) is 18.1 Å². The lowest BCUT2D eigenvalue weighted by atomic mass is 9.96. The Hall–Kier alpha value is -5.43. The minimum absolute atomic E-state index is 0.0219. The van der Waals surface area contributed by atoms with Gasteiger partial charge >= 0.3 is 11.9 Å². The van der Waals surface area contributed by atoms with Gasteiger partial charge in [0.1, 0.15) is 12.4 Å². The number of methoxy groups -OCH3 is 1. The molecule has 0 unspecified atom stereocenters. The number of carboxylic acids is 1. The van der Waals surface area contributed by atoms with E-state index in [2.05, 4.69) is 36.4 Å². The minimum Gasteiger partial charge on any atom is -0.489 e. The Morgan fingerprint density at radius 3 is 2.17 bits per heavy atom. The molecule has 1 heterocycles. The summed E-state index contributed by atoms with van der Waals surface area (Å²) in [5.41, 5.74) is 7.42. The summed E-state index contributed by atoms with van der Waals surface area (Å²) < 4.78 is 17.2. The standard InChI is InChI=1S/C41H41NO6/c1-46-41(45)34-21-12-14-30(26-34)29-48-38-22-13-20-32(36(38)23-24-40(43)44)17-6-2-3-11-25-47-39-28-35(31-15-7-4-8-16-31)27-37(42-39)33-18-9-5-10-19-33/h4-5,7-10,12-16,18-22,26-28H,2-3,6,11,17,23-25,29H2,1H3,(H,43,44). The molecule has 0 aliphatic heterocycles. The van der Waals surface area contributed by atoms with Gasteiger partial charge in [0.05, 0.1) is 25.0 Å². The van der Waals surface area contributed by atoms with Crippen LogP contribution in [0.5, 0.6) is 11.6 Å². The third-order valence-electron chi connectivity index (χ3n) is 8.13. The molecule has 7 heteroatoms. The number of ether oxygens (including phenoxy) is 3. The number of benzene rings is 4. The number of hydrogen-bond acceptors (Lipinski definition) is 6. The lowest BCUT2D eigenvalue weighted by molar-refractivity contribution is -0.136. The summed E-state index contributed by atoms with van der Waals surface area (Å²) in [6.45, 7) is 0.828. The third kappa shape index (κ3) is 9.79. The normalized spacial score (nSPS) is 10.8. The van der Waals surface area contributed by atoms with E-state index in [9.17, 15) is 14.7 Å². The zero-order valence-corrected chi connectivity index (χ0v) is 27.3. The van der Waals surface area contributed by atoms with E-state index in [-0.39, 0.29) is 13.0 Å². The van der Waals surface area contributed by atoms with Gasteiger partial charge in [-0.15, -0.1) is 0 Å². The van der Waals surface area contributed by atoms with Crippen molar-refractivity contribution in [3.63, 3.8) is 0 Å². The zero-order valence-electron chi connectivity index (χ0n) is 27.3. The maximum atomic E-state index is 11.9. The molecule has 5 aromatic rings. The number of nitrogens with zero attached hydrogens (tertiary/aromatic N) is 1. The smallest absolute Gasteiger partial charge is 0.337 e. The van der Waals surface area contributed by atoms with Gasteiger partial charge in [-0.05, 0) is 77.8 Å². The third-order valence-corrected chi connectivity index (χ3v) is 8.13. The fourth-order valence-electron chi connectivity index (χ4n) is 5.64. The molecule has 5 rings (SSSR count). The first kappa shape index (κ1) is 33.9. The number of pyridine rings is 1. The number of rotatable bonds is 17. The van der Waals surface area contributed by atoms with Gasteiger partial charge < -0.3 is 19.3 Å². The summed E-state index contributed by atoms with van der Waals surface area (Å²) in [7, 11) is 1.35. The Balaban J connectivity index is 1.15. The van der Waals surface area contributed by atoms with Crippen LogP contribution in [0.25, 0.3) is 22.4 Å². The summed E-state index contributed by atoms with van der Waals surface area (Å²) in [5.74, 6) is 0.0396. The second-order valence-electron chi connectivity index (χ2n) is 11.6. The predicted octanol–water partition coefficient (Wildman–Crippen LogP) is 8.98. The molecule has 0 atom stereocenters. The number of carbonyl (C=O) groups is 2. The second-order valence-corrected chi connectivity index (χ2v) is 11.6. The summed E-state index contributed by atoms with van der Waals surface area (Å²) in [4.78, 5) is 28.2. The SMILES string of the molecule is COC(=O)c1cccc(COc2cccc(CCCCCCOc3cc(-c4ccccc4)cc(-c4ccccc4)n3)c2CCC(=O)O)c1. The van der Waals surface area contributed by atoms with E-state index in [1.807, 2.05) is 60.7 Å². The molecule has 7 nitrogen and oxygen atoms in total. The van der Waals surface area contributed by atoms with E-state index in [4.69, 9.17) is 19.2 Å². The zero-order chi connectivity index (χ0) is 33.6. The van der Waals surface area contributed by atoms with Gasteiger partial charge in [-0.25, -0.2) is 9.78 Å². The van der Waals surface area contributed by atoms with Crippen molar-refractivity contribution in [3.8, 4) is 34.0 Å². The van der Waals surface area contributed by atoms with Crippen molar-refractivity contribution >= 4 is 11.9 Å². The molecule has 0 aliphatic rings. The molecular formula is C41H41NO6.